The van der Waals surface area contributed by atoms with Crippen LogP contribution in [-0.2, 0) is 0 Å². The van der Waals surface area contributed by atoms with E-state index in [0.717, 1.165) is 0 Å². The number of ketones is 1. The van der Waals surface area contributed by atoms with Crippen LogP contribution in [0.2, 0.25) is 0 Å². The highest BCUT2D eigenvalue weighted by Gasteiger charge is 2.09. The summed E-state index contributed by atoms with van der Waals surface area (Å²) in [6, 6.07) is 8.23. The second-order valence-corrected chi connectivity index (χ2v) is 2.21. The summed E-state index contributed by atoms with van der Waals surface area (Å²) >= 11 is 0. The molecule has 0 spiro atoms. The topological polar surface area (TPSA) is 57.5 Å². The maximum atomic E-state index is 11.1. The first-order valence-electron chi connectivity index (χ1n) is 3.39. The van der Waals surface area contributed by atoms with Gasteiger partial charge < -0.3 is 10.2 Å². The molecule has 3 heteroatoms. The molecule has 0 fully saturated rings. The Labute approximate surface area is 69.6 Å². The van der Waals surface area contributed by atoms with Crippen molar-refractivity contribution in [2.24, 2.45) is 0 Å². The van der Waals surface area contributed by atoms with Gasteiger partial charge in [-0.1, -0.05) is 30.3 Å². The number of carbonyl (C=O) groups is 1. The van der Waals surface area contributed by atoms with Crippen molar-refractivity contribution in [3.05, 3.63) is 47.9 Å². The summed E-state index contributed by atoms with van der Waals surface area (Å²) in [7, 11) is 0. The fourth-order valence-electron chi connectivity index (χ4n) is 0.796. The maximum Gasteiger partial charge on any atom is 0.230 e. The van der Waals surface area contributed by atoms with Crippen molar-refractivity contribution in [3.8, 4) is 0 Å². The lowest BCUT2D eigenvalue weighted by Crippen LogP contribution is -2.01. The van der Waals surface area contributed by atoms with Crippen LogP contribution in [0.5, 0.6) is 0 Å². The molecule has 0 amide bonds. The van der Waals surface area contributed by atoms with Gasteiger partial charge in [0.2, 0.25) is 5.78 Å². The Morgan fingerprint density at radius 1 is 1.25 bits per heavy atom. The highest BCUT2D eigenvalue weighted by molar-refractivity contribution is 6.06. The van der Waals surface area contributed by atoms with Gasteiger partial charge in [0.05, 0.1) is 0 Å². The zero-order valence-electron chi connectivity index (χ0n) is 6.27. The summed E-state index contributed by atoms with van der Waals surface area (Å²) in [6.07, 6.45) is 0.384. The molecule has 0 aliphatic rings. The minimum absolute atomic E-state index is 0.348. The SMILES string of the molecule is O=C(/C(O)=C/O)c1ccccc1. The van der Waals surface area contributed by atoms with Gasteiger partial charge in [0.15, 0.2) is 5.76 Å². The van der Waals surface area contributed by atoms with E-state index < -0.39 is 11.5 Å². The lowest BCUT2D eigenvalue weighted by molar-refractivity contribution is 0.0971. The molecule has 0 aliphatic carbocycles. The minimum Gasteiger partial charge on any atom is -0.512 e. The van der Waals surface area contributed by atoms with Crippen LogP contribution in [0.4, 0.5) is 0 Å². The zero-order valence-corrected chi connectivity index (χ0v) is 6.27. The molecule has 0 aliphatic heterocycles. The van der Waals surface area contributed by atoms with Gasteiger partial charge in [0, 0.05) is 5.56 Å². The van der Waals surface area contributed by atoms with Crippen LogP contribution in [0.15, 0.2) is 42.4 Å². The molecule has 0 saturated carbocycles. The average molecular weight is 164 g/mol. The first kappa shape index (κ1) is 8.33. The molecular formula is C9H8O3. The Bertz CT molecular complexity index is 301. The predicted molar refractivity (Wildman–Crippen MR) is 44.1 cm³/mol. The van der Waals surface area contributed by atoms with Crippen molar-refractivity contribution < 1.29 is 15.0 Å². The monoisotopic (exact) mass is 164 g/mol. The van der Waals surface area contributed by atoms with Crippen molar-refractivity contribution in [3.63, 3.8) is 0 Å². The maximum absolute atomic E-state index is 11.1. The quantitative estimate of drug-likeness (QED) is 0.398. The smallest absolute Gasteiger partial charge is 0.230 e. The molecule has 0 heterocycles. The van der Waals surface area contributed by atoms with Crippen LogP contribution in [0.1, 0.15) is 10.4 Å². The minimum atomic E-state index is -0.652. The molecule has 0 bridgehead atoms. The summed E-state index contributed by atoms with van der Waals surface area (Å²) < 4.78 is 0. The third kappa shape index (κ3) is 1.63. The zero-order chi connectivity index (χ0) is 8.97. The number of rotatable bonds is 2. The van der Waals surface area contributed by atoms with E-state index >= 15 is 0 Å². The standard InChI is InChI=1S/C9H8O3/c10-6-8(11)9(12)7-4-2-1-3-5-7/h1-6,10-11H/b8-6-. The number of hydrogen-bond donors (Lipinski definition) is 2. The highest BCUT2D eigenvalue weighted by atomic mass is 16.3. The number of aliphatic hydroxyl groups excluding tert-OH is 2. The van der Waals surface area contributed by atoms with Gasteiger partial charge in [-0.3, -0.25) is 4.79 Å². The summed E-state index contributed by atoms with van der Waals surface area (Å²) in [4.78, 5) is 11.1. The van der Waals surface area contributed by atoms with E-state index in [0.29, 0.717) is 11.8 Å². The molecule has 0 atom stereocenters. The summed E-state index contributed by atoms with van der Waals surface area (Å²) in [5.41, 5.74) is 0.348. The molecule has 1 rings (SSSR count). The first-order valence-corrected chi connectivity index (χ1v) is 3.39. The van der Waals surface area contributed by atoms with Crippen molar-refractivity contribution in [1.29, 1.82) is 0 Å². The van der Waals surface area contributed by atoms with Crippen molar-refractivity contribution in [1.82, 2.24) is 0 Å². The van der Waals surface area contributed by atoms with Crippen LogP contribution in [0, 0.1) is 0 Å². The molecule has 0 unspecified atom stereocenters. The third-order valence-corrected chi connectivity index (χ3v) is 1.39. The first-order chi connectivity index (χ1) is 5.75. The van der Waals surface area contributed by atoms with E-state index in [1.807, 2.05) is 0 Å². The lowest BCUT2D eigenvalue weighted by Gasteiger charge is -1.96. The van der Waals surface area contributed by atoms with Gasteiger partial charge >= 0.3 is 0 Å². The Kier molecular flexibility index (Phi) is 2.48. The van der Waals surface area contributed by atoms with Gasteiger partial charge in [-0.15, -0.1) is 0 Å². The third-order valence-electron chi connectivity index (χ3n) is 1.39. The number of Topliss-reactive ketones (excluding diaryl/α,β-unsaturated/α-hetero) is 1. The fraction of sp³-hybridized carbons (Fsp3) is 0. The fourth-order valence-corrected chi connectivity index (χ4v) is 0.796. The Morgan fingerprint density at radius 3 is 2.33 bits per heavy atom. The molecular weight excluding hydrogens is 156 g/mol. The van der Waals surface area contributed by atoms with E-state index in [9.17, 15) is 4.79 Å². The van der Waals surface area contributed by atoms with Crippen molar-refractivity contribution in [2.45, 2.75) is 0 Å². The number of benzene rings is 1. The van der Waals surface area contributed by atoms with Gasteiger partial charge in [-0.25, -0.2) is 0 Å². The molecule has 0 radical (unpaired) electrons. The summed E-state index contributed by atoms with van der Waals surface area (Å²) in [6.45, 7) is 0. The number of allylic oxidation sites excluding steroid dienone is 1. The van der Waals surface area contributed by atoms with Crippen molar-refractivity contribution in [2.75, 3.05) is 0 Å². The molecule has 1 aromatic rings. The summed E-state index contributed by atoms with van der Waals surface area (Å²) in [5, 5.41) is 17.2. The van der Waals surface area contributed by atoms with Gasteiger partial charge in [-0.2, -0.15) is 0 Å². The second-order valence-electron chi connectivity index (χ2n) is 2.21. The molecule has 12 heavy (non-hydrogen) atoms. The van der Waals surface area contributed by atoms with E-state index in [1.54, 1.807) is 30.3 Å². The molecule has 0 saturated heterocycles. The van der Waals surface area contributed by atoms with Crippen LogP contribution >= 0.6 is 0 Å². The molecule has 2 N–H and O–H groups in total. The lowest BCUT2D eigenvalue weighted by atomic mass is 10.1. The largest absolute Gasteiger partial charge is 0.512 e. The Hall–Kier alpha value is -1.77. The Balaban J connectivity index is 2.94. The van der Waals surface area contributed by atoms with Gasteiger partial charge in [-0.05, 0) is 0 Å². The van der Waals surface area contributed by atoms with E-state index in [-0.39, 0.29) is 0 Å². The van der Waals surface area contributed by atoms with Crippen LogP contribution in [0.3, 0.4) is 0 Å². The Morgan fingerprint density at radius 2 is 1.83 bits per heavy atom. The van der Waals surface area contributed by atoms with Crippen LogP contribution < -0.4 is 0 Å². The van der Waals surface area contributed by atoms with E-state index in [1.165, 1.54) is 0 Å². The number of hydrogen-bond acceptors (Lipinski definition) is 3. The van der Waals surface area contributed by atoms with Crippen LogP contribution in [0.25, 0.3) is 0 Å². The number of carbonyl (C=O) groups excluding carboxylic acids is 1. The normalized spacial score (nSPS) is 11.2. The van der Waals surface area contributed by atoms with E-state index in [2.05, 4.69) is 0 Å². The summed E-state index contributed by atoms with van der Waals surface area (Å²) in [5.74, 6) is -1.24. The molecule has 62 valence electrons. The number of aliphatic hydroxyl groups is 2. The molecule has 3 nitrogen and oxygen atoms in total. The molecule has 0 aromatic heterocycles. The van der Waals surface area contributed by atoms with Crippen LogP contribution in [-0.4, -0.2) is 16.0 Å². The molecule has 1 aromatic carbocycles. The van der Waals surface area contributed by atoms with Gasteiger partial charge in [0.25, 0.3) is 0 Å². The van der Waals surface area contributed by atoms with Crippen molar-refractivity contribution >= 4 is 5.78 Å². The highest BCUT2D eigenvalue weighted by Crippen LogP contribution is 2.04. The van der Waals surface area contributed by atoms with E-state index in [4.69, 9.17) is 10.2 Å². The predicted octanol–water partition coefficient (Wildman–Crippen LogP) is 1.83. The second kappa shape index (κ2) is 3.57. The van der Waals surface area contributed by atoms with Gasteiger partial charge in [0.1, 0.15) is 6.26 Å². The average Bonchev–Trinajstić information content (AvgIpc) is 2.17.